The summed E-state index contributed by atoms with van der Waals surface area (Å²) in [6, 6.07) is 0. The third-order valence-corrected chi connectivity index (χ3v) is 7.16. The highest BCUT2D eigenvalue weighted by Crippen LogP contribution is 2.42. The maximum absolute atomic E-state index is 11.0. The molecule has 8 atom stereocenters. The molecule has 0 aliphatic carbocycles. The van der Waals surface area contributed by atoms with Crippen molar-refractivity contribution in [2.45, 2.75) is 105 Å². The Labute approximate surface area is 189 Å². The van der Waals surface area contributed by atoms with E-state index < -0.39 is 5.97 Å². The molecule has 2 heterocycles. The molecule has 1 N–H and O–H groups in total. The molecule has 0 saturated carbocycles. The quantitative estimate of drug-likeness (QED) is 0.474. The first-order chi connectivity index (χ1) is 14.5. The molecule has 178 valence electrons. The van der Waals surface area contributed by atoms with Crippen LogP contribution in [0.15, 0.2) is 23.8 Å². The van der Waals surface area contributed by atoms with Gasteiger partial charge < -0.3 is 19.3 Å². The number of hydrogen-bond acceptors (Lipinski definition) is 4. The van der Waals surface area contributed by atoms with Crippen LogP contribution in [0.5, 0.6) is 0 Å². The van der Waals surface area contributed by atoms with Crippen LogP contribution in [-0.4, -0.2) is 48.7 Å². The highest BCUT2D eigenvalue weighted by Gasteiger charge is 2.47. The predicted octanol–water partition coefficient (Wildman–Crippen LogP) is 5.64. The average molecular weight is 437 g/mol. The van der Waals surface area contributed by atoms with Gasteiger partial charge in [-0.1, -0.05) is 52.8 Å². The van der Waals surface area contributed by atoms with Gasteiger partial charge in [0.2, 0.25) is 0 Å². The largest absolute Gasteiger partial charge is 0.481 e. The van der Waals surface area contributed by atoms with Crippen LogP contribution in [0.25, 0.3) is 0 Å². The summed E-state index contributed by atoms with van der Waals surface area (Å²) in [7, 11) is 1.78. The molecular formula is C26H44O5. The molecule has 0 aromatic rings. The van der Waals surface area contributed by atoms with Gasteiger partial charge in [0.1, 0.15) is 0 Å². The second-order valence-corrected chi connectivity index (χ2v) is 10.6. The minimum Gasteiger partial charge on any atom is -0.481 e. The van der Waals surface area contributed by atoms with Gasteiger partial charge >= 0.3 is 5.97 Å². The molecule has 0 bridgehead atoms. The van der Waals surface area contributed by atoms with Crippen LogP contribution in [0.3, 0.4) is 0 Å². The van der Waals surface area contributed by atoms with Gasteiger partial charge in [-0.15, -0.1) is 0 Å². The number of methoxy groups -OCH3 is 1. The standard InChI is InChI=1S/C26H44O5/c1-16(15-26(6,7)25-19(4)24(29-8)20(5)30-25)10-9-11-17(2)23-18(3)12-13-21(31-23)14-22(27)28/h9-11,16,18-21,23-25H,12-15H2,1-8H3,(H,27,28)/b10-9-,17-11+/t16-,18-,19-,20-,21-,23-,24-,25?/m1/s1. The topological polar surface area (TPSA) is 65.0 Å². The van der Waals surface area contributed by atoms with E-state index in [1.807, 2.05) is 0 Å². The zero-order valence-corrected chi connectivity index (χ0v) is 20.8. The van der Waals surface area contributed by atoms with Crippen LogP contribution in [-0.2, 0) is 19.0 Å². The van der Waals surface area contributed by atoms with Crippen LogP contribution >= 0.6 is 0 Å². The van der Waals surface area contributed by atoms with Gasteiger partial charge in [0.25, 0.3) is 0 Å². The van der Waals surface area contributed by atoms with Gasteiger partial charge in [-0.25, -0.2) is 0 Å². The highest BCUT2D eigenvalue weighted by atomic mass is 16.6. The second-order valence-electron chi connectivity index (χ2n) is 10.6. The van der Waals surface area contributed by atoms with E-state index in [0.717, 1.165) is 24.8 Å². The number of carboxylic acids is 1. The molecule has 5 nitrogen and oxygen atoms in total. The molecule has 2 aliphatic heterocycles. The van der Waals surface area contributed by atoms with E-state index in [1.54, 1.807) is 7.11 Å². The minimum absolute atomic E-state index is 0.00491. The number of hydrogen-bond donors (Lipinski definition) is 1. The lowest BCUT2D eigenvalue weighted by atomic mass is 9.74. The molecule has 2 rings (SSSR count). The number of carboxylic acid groups (broad SMARTS) is 1. The number of ether oxygens (including phenoxy) is 3. The van der Waals surface area contributed by atoms with Crippen molar-refractivity contribution >= 4 is 5.97 Å². The minimum atomic E-state index is -0.789. The van der Waals surface area contributed by atoms with E-state index in [2.05, 4.69) is 66.7 Å². The Kier molecular flexibility index (Phi) is 9.35. The van der Waals surface area contributed by atoms with Gasteiger partial charge in [0, 0.05) is 13.0 Å². The Balaban J connectivity index is 1.95. The van der Waals surface area contributed by atoms with Crippen LogP contribution in [0.4, 0.5) is 0 Å². The SMILES string of the molecule is CO[C@H]1[C@@H](C)OC(C(C)(C)C[C@H](C)/C=C\C=C(/C)[C@H]2O[C@@H](CC(=O)O)CC[C@H]2C)[C@@H]1C. The van der Waals surface area contributed by atoms with E-state index in [-0.39, 0.29) is 42.4 Å². The predicted molar refractivity (Wildman–Crippen MR) is 124 cm³/mol. The molecule has 31 heavy (non-hydrogen) atoms. The molecule has 0 aromatic carbocycles. The van der Waals surface area contributed by atoms with Crippen molar-refractivity contribution in [3.8, 4) is 0 Å². The van der Waals surface area contributed by atoms with Gasteiger partial charge in [-0.3, -0.25) is 4.79 Å². The smallest absolute Gasteiger partial charge is 0.305 e. The second kappa shape index (κ2) is 11.1. The van der Waals surface area contributed by atoms with E-state index >= 15 is 0 Å². The molecule has 1 unspecified atom stereocenters. The van der Waals surface area contributed by atoms with Gasteiger partial charge in [0.15, 0.2) is 0 Å². The lowest BCUT2D eigenvalue weighted by Gasteiger charge is -2.35. The van der Waals surface area contributed by atoms with E-state index in [4.69, 9.17) is 19.3 Å². The van der Waals surface area contributed by atoms with Crippen LogP contribution < -0.4 is 0 Å². The molecular weight excluding hydrogens is 392 g/mol. The fraction of sp³-hybridized carbons (Fsp3) is 0.808. The Morgan fingerprint density at radius 1 is 1.23 bits per heavy atom. The van der Waals surface area contributed by atoms with Crippen molar-refractivity contribution in [3.63, 3.8) is 0 Å². The average Bonchev–Trinajstić information content (AvgIpc) is 2.96. The Morgan fingerprint density at radius 3 is 2.48 bits per heavy atom. The summed E-state index contributed by atoms with van der Waals surface area (Å²) in [6.45, 7) is 15.5. The molecule has 0 radical (unpaired) electrons. The molecule has 0 amide bonds. The van der Waals surface area contributed by atoms with E-state index in [9.17, 15) is 4.79 Å². The summed E-state index contributed by atoms with van der Waals surface area (Å²) < 4.78 is 18.1. The Bertz CT molecular complexity index is 652. The summed E-state index contributed by atoms with van der Waals surface area (Å²) in [6.07, 6.45) is 9.74. The Morgan fingerprint density at radius 2 is 1.90 bits per heavy atom. The maximum Gasteiger partial charge on any atom is 0.305 e. The summed E-state index contributed by atoms with van der Waals surface area (Å²) in [5, 5.41) is 9.07. The third kappa shape index (κ3) is 6.90. The zero-order valence-electron chi connectivity index (χ0n) is 20.8. The summed E-state index contributed by atoms with van der Waals surface area (Å²) in [5.41, 5.74) is 1.21. The molecule has 5 heteroatoms. The number of rotatable bonds is 9. The summed E-state index contributed by atoms with van der Waals surface area (Å²) >= 11 is 0. The van der Waals surface area contributed by atoms with Gasteiger partial charge in [0.05, 0.1) is 36.9 Å². The lowest BCUT2D eigenvalue weighted by Crippen LogP contribution is -2.36. The summed E-state index contributed by atoms with van der Waals surface area (Å²) in [5.74, 6) is 0.402. The van der Waals surface area contributed by atoms with Gasteiger partial charge in [-0.2, -0.15) is 0 Å². The van der Waals surface area contributed by atoms with Crippen LogP contribution in [0.1, 0.15) is 74.1 Å². The molecule has 2 saturated heterocycles. The number of aliphatic carboxylic acids is 1. The van der Waals surface area contributed by atoms with Crippen molar-refractivity contribution < 1.29 is 24.1 Å². The van der Waals surface area contributed by atoms with Crippen molar-refractivity contribution in [1.29, 1.82) is 0 Å². The van der Waals surface area contributed by atoms with Gasteiger partial charge in [-0.05, 0) is 55.9 Å². The maximum atomic E-state index is 11.0. The zero-order chi connectivity index (χ0) is 23.3. The number of allylic oxidation sites excluding steroid dienone is 3. The first kappa shape index (κ1) is 26.1. The van der Waals surface area contributed by atoms with Crippen molar-refractivity contribution in [2.75, 3.05) is 7.11 Å². The van der Waals surface area contributed by atoms with E-state index in [1.165, 1.54) is 0 Å². The Hall–Kier alpha value is -1.17. The molecule has 0 spiro atoms. The van der Waals surface area contributed by atoms with Crippen molar-refractivity contribution in [2.24, 2.45) is 23.2 Å². The van der Waals surface area contributed by atoms with Crippen LogP contribution in [0, 0.1) is 23.2 Å². The first-order valence-electron chi connectivity index (χ1n) is 11.9. The van der Waals surface area contributed by atoms with Crippen molar-refractivity contribution in [1.82, 2.24) is 0 Å². The monoisotopic (exact) mass is 436 g/mol. The molecule has 0 aromatic heterocycles. The number of carbonyl (C=O) groups is 1. The van der Waals surface area contributed by atoms with E-state index in [0.29, 0.717) is 17.8 Å². The highest BCUT2D eigenvalue weighted by molar-refractivity contribution is 5.67. The molecule has 2 aliphatic rings. The van der Waals surface area contributed by atoms with Crippen molar-refractivity contribution in [3.05, 3.63) is 23.8 Å². The fourth-order valence-corrected chi connectivity index (χ4v) is 5.75. The fourth-order valence-electron chi connectivity index (χ4n) is 5.75. The lowest BCUT2D eigenvalue weighted by molar-refractivity contribution is -0.143. The molecule has 2 fully saturated rings. The summed E-state index contributed by atoms with van der Waals surface area (Å²) in [4.78, 5) is 11.0. The van der Waals surface area contributed by atoms with Crippen LogP contribution in [0.2, 0.25) is 0 Å². The first-order valence-corrected chi connectivity index (χ1v) is 11.9. The third-order valence-electron chi connectivity index (χ3n) is 7.16. The normalized spacial score (nSPS) is 36.1.